The summed E-state index contributed by atoms with van der Waals surface area (Å²) in [6, 6.07) is 7.69. The fraction of sp³-hybridized carbons (Fsp3) is 0.480. The van der Waals surface area contributed by atoms with Gasteiger partial charge < -0.3 is 14.6 Å². The first-order valence-corrected chi connectivity index (χ1v) is 12.4. The summed E-state index contributed by atoms with van der Waals surface area (Å²) in [6.45, 7) is 1.42. The van der Waals surface area contributed by atoms with Crippen LogP contribution in [0.3, 0.4) is 0 Å². The van der Waals surface area contributed by atoms with Crippen LogP contribution in [-0.2, 0) is 24.1 Å². The quantitative estimate of drug-likeness (QED) is 0.645. The lowest BCUT2D eigenvalue weighted by atomic mass is 9.97. The number of methoxy groups -OCH3 is 1. The van der Waals surface area contributed by atoms with Gasteiger partial charge in [0.15, 0.2) is 0 Å². The summed E-state index contributed by atoms with van der Waals surface area (Å²) in [5.41, 5.74) is 2.15. The molecular formula is C25H29N3O3S. The number of hydrogen-bond donors (Lipinski definition) is 1. The van der Waals surface area contributed by atoms with Gasteiger partial charge in [-0.2, -0.15) is 0 Å². The molecule has 1 atom stereocenters. The summed E-state index contributed by atoms with van der Waals surface area (Å²) in [4.78, 5) is 38.1. The minimum absolute atomic E-state index is 0.0118. The predicted octanol–water partition coefficient (Wildman–Crippen LogP) is 4.21. The molecule has 7 heteroatoms. The summed E-state index contributed by atoms with van der Waals surface area (Å²) >= 11 is 1.70. The fourth-order valence-electron chi connectivity index (χ4n) is 5.12. The van der Waals surface area contributed by atoms with Crippen LogP contribution in [0.25, 0.3) is 10.2 Å². The molecule has 168 valence electrons. The average Bonchev–Trinajstić information content (AvgIpc) is 3.00. The molecule has 1 saturated heterocycles. The maximum atomic E-state index is 13.0. The van der Waals surface area contributed by atoms with Crippen LogP contribution >= 0.6 is 11.3 Å². The molecular weight excluding hydrogens is 422 g/mol. The highest BCUT2D eigenvalue weighted by atomic mass is 32.1. The van der Waals surface area contributed by atoms with Crippen molar-refractivity contribution < 1.29 is 9.53 Å². The number of para-hydroxylation sites is 1. The number of carbonyl (C=O) groups is 1. The van der Waals surface area contributed by atoms with E-state index in [1.165, 1.54) is 16.9 Å². The number of aryl methyl sites for hydroxylation is 2. The molecule has 0 spiro atoms. The monoisotopic (exact) mass is 451 g/mol. The van der Waals surface area contributed by atoms with Crippen LogP contribution in [-0.4, -0.2) is 41.0 Å². The summed E-state index contributed by atoms with van der Waals surface area (Å²) in [6.07, 6.45) is 7.41. The first kappa shape index (κ1) is 21.2. The molecule has 5 rings (SSSR count). The molecule has 3 aromatic rings. The number of amides is 1. The average molecular weight is 452 g/mol. The van der Waals surface area contributed by atoms with Gasteiger partial charge in [0.25, 0.3) is 5.56 Å². The highest BCUT2D eigenvalue weighted by Gasteiger charge is 2.26. The van der Waals surface area contributed by atoms with Gasteiger partial charge in [-0.25, -0.2) is 4.98 Å². The number of nitrogens with one attached hydrogen (secondary N) is 1. The Morgan fingerprint density at radius 1 is 1.19 bits per heavy atom. The van der Waals surface area contributed by atoms with Crippen molar-refractivity contribution in [2.24, 2.45) is 0 Å². The third kappa shape index (κ3) is 4.06. The molecule has 1 amide bonds. The number of aromatic amines is 1. The summed E-state index contributed by atoms with van der Waals surface area (Å²) in [7, 11) is 1.63. The molecule has 0 saturated carbocycles. The van der Waals surface area contributed by atoms with E-state index < -0.39 is 0 Å². The normalized spacial score (nSPS) is 18.9. The Labute approximate surface area is 191 Å². The standard InChI is InChI=1S/C25H29N3O3S/c1-31-19-10-4-2-7-17(19)15-21(29)28-13-6-8-16(12-14-28)23-26-24(30)22-18-9-3-5-11-20(18)32-25(22)27-23/h2,4,7,10,16H,3,5-6,8-9,11-15H2,1H3,(H,26,27,30). The molecule has 0 bridgehead atoms. The number of aromatic nitrogens is 2. The van der Waals surface area contributed by atoms with Gasteiger partial charge in [0.1, 0.15) is 16.4 Å². The minimum atomic E-state index is 0.0118. The van der Waals surface area contributed by atoms with E-state index in [-0.39, 0.29) is 17.4 Å². The number of likely N-dealkylation sites (tertiary alicyclic amines) is 1. The SMILES string of the molecule is COc1ccccc1CC(=O)N1CCCC(c2nc3sc4c(c3c(=O)[nH]2)CCCC4)CC1. The molecule has 6 nitrogen and oxygen atoms in total. The molecule has 2 aliphatic rings. The van der Waals surface area contributed by atoms with Crippen LogP contribution in [0.4, 0.5) is 0 Å². The smallest absolute Gasteiger partial charge is 0.259 e. The number of thiophene rings is 1. The van der Waals surface area contributed by atoms with E-state index in [1.807, 2.05) is 29.2 Å². The topological polar surface area (TPSA) is 75.3 Å². The van der Waals surface area contributed by atoms with Gasteiger partial charge in [0.2, 0.25) is 5.91 Å². The van der Waals surface area contributed by atoms with Gasteiger partial charge in [0, 0.05) is 29.4 Å². The number of rotatable bonds is 4. The molecule has 1 N–H and O–H groups in total. The van der Waals surface area contributed by atoms with Gasteiger partial charge >= 0.3 is 0 Å². The molecule has 32 heavy (non-hydrogen) atoms. The Hall–Kier alpha value is -2.67. The van der Waals surface area contributed by atoms with E-state index in [4.69, 9.17) is 9.72 Å². The summed E-state index contributed by atoms with van der Waals surface area (Å²) in [5.74, 6) is 1.84. The molecule has 1 unspecified atom stereocenters. The molecule has 1 aromatic carbocycles. The van der Waals surface area contributed by atoms with Gasteiger partial charge in [-0.3, -0.25) is 9.59 Å². The van der Waals surface area contributed by atoms with Crippen LogP contribution in [0.2, 0.25) is 0 Å². The molecule has 2 aromatic heterocycles. The highest BCUT2D eigenvalue weighted by Crippen LogP contribution is 2.35. The molecule has 3 heterocycles. The van der Waals surface area contributed by atoms with Crippen molar-refractivity contribution >= 4 is 27.5 Å². The van der Waals surface area contributed by atoms with Crippen LogP contribution in [0.5, 0.6) is 5.75 Å². The molecule has 0 radical (unpaired) electrons. The Morgan fingerprint density at radius 3 is 2.91 bits per heavy atom. The van der Waals surface area contributed by atoms with Gasteiger partial charge in [-0.1, -0.05) is 18.2 Å². The van der Waals surface area contributed by atoms with Crippen LogP contribution in [0, 0.1) is 0 Å². The van der Waals surface area contributed by atoms with E-state index in [2.05, 4.69) is 4.98 Å². The zero-order valence-corrected chi connectivity index (χ0v) is 19.3. The molecule has 1 fully saturated rings. The third-order valence-corrected chi connectivity index (χ3v) is 8.03. The van der Waals surface area contributed by atoms with Crippen LogP contribution in [0.15, 0.2) is 29.1 Å². The summed E-state index contributed by atoms with van der Waals surface area (Å²) in [5, 5.41) is 0.815. The van der Waals surface area contributed by atoms with Crippen molar-refractivity contribution in [1.29, 1.82) is 0 Å². The van der Waals surface area contributed by atoms with Crippen molar-refractivity contribution in [2.45, 2.75) is 57.3 Å². The largest absolute Gasteiger partial charge is 0.496 e. The van der Waals surface area contributed by atoms with Crippen LogP contribution in [0.1, 0.15) is 59.9 Å². The van der Waals surface area contributed by atoms with Gasteiger partial charge in [0.05, 0.1) is 18.9 Å². The Morgan fingerprint density at radius 2 is 2.03 bits per heavy atom. The predicted molar refractivity (Wildman–Crippen MR) is 127 cm³/mol. The van der Waals surface area contributed by atoms with E-state index in [1.54, 1.807) is 18.4 Å². The number of hydrogen-bond acceptors (Lipinski definition) is 5. The molecule has 1 aliphatic carbocycles. The highest BCUT2D eigenvalue weighted by molar-refractivity contribution is 7.18. The van der Waals surface area contributed by atoms with Gasteiger partial charge in [-0.05, 0) is 56.6 Å². The maximum Gasteiger partial charge on any atom is 0.259 e. The van der Waals surface area contributed by atoms with E-state index in [0.717, 1.165) is 72.4 Å². The number of benzene rings is 1. The van der Waals surface area contributed by atoms with E-state index in [9.17, 15) is 9.59 Å². The lowest BCUT2D eigenvalue weighted by Gasteiger charge is -2.21. The first-order valence-electron chi connectivity index (χ1n) is 11.6. The summed E-state index contributed by atoms with van der Waals surface area (Å²) < 4.78 is 5.40. The number of nitrogens with zero attached hydrogens (tertiary/aromatic N) is 2. The number of ether oxygens (including phenoxy) is 1. The second kappa shape index (κ2) is 9.06. The van der Waals surface area contributed by atoms with Crippen molar-refractivity contribution in [2.75, 3.05) is 20.2 Å². The zero-order valence-electron chi connectivity index (χ0n) is 18.5. The lowest BCUT2D eigenvalue weighted by molar-refractivity contribution is -0.130. The van der Waals surface area contributed by atoms with E-state index in [0.29, 0.717) is 13.0 Å². The van der Waals surface area contributed by atoms with Crippen LogP contribution < -0.4 is 10.3 Å². The Kier molecular flexibility index (Phi) is 6.00. The fourth-order valence-corrected chi connectivity index (χ4v) is 6.39. The van der Waals surface area contributed by atoms with Crippen molar-refractivity contribution in [3.8, 4) is 5.75 Å². The second-order valence-electron chi connectivity index (χ2n) is 8.84. The number of carbonyl (C=O) groups excluding carboxylic acids is 1. The van der Waals surface area contributed by atoms with Crippen molar-refractivity contribution in [3.63, 3.8) is 0 Å². The zero-order chi connectivity index (χ0) is 22.1. The number of H-pyrrole nitrogens is 1. The first-order chi connectivity index (χ1) is 15.6. The third-order valence-electron chi connectivity index (χ3n) is 6.85. The lowest BCUT2D eigenvalue weighted by Crippen LogP contribution is -2.33. The van der Waals surface area contributed by atoms with E-state index >= 15 is 0 Å². The molecule has 1 aliphatic heterocycles. The number of fused-ring (bicyclic) bond motifs is 3. The van der Waals surface area contributed by atoms with Gasteiger partial charge in [-0.15, -0.1) is 11.3 Å². The Balaban J connectivity index is 1.31. The maximum absolute atomic E-state index is 13.0. The van der Waals surface area contributed by atoms with Crippen molar-refractivity contribution in [1.82, 2.24) is 14.9 Å². The Bertz CT molecular complexity index is 1200. The van der Waals surface area contributed by atoms with Crippen molar-refractivity contribution in [3.05, 3.63) is 56.4 Å². The second-order valence-corrected chi connectivity index (χ2v) is 9.92. The minimum Gasteiger partial charge on any atom is -0.496 e.